The molecule has 1 aromatic carbocycles. The molecule has 3 rings (SSSR count). The first-order valence-corrected chi connectivity index (χ1v) is 9.35. The van der Waals surface area contributed by atoms with E-state index in [4.69, 9.17) is 14.2 Å². The standard InChI is InChI=1S/C20H28FNO5/c1-19(2,3)27-18(23)22-15-10-20(24,11-16(22)13-25-12-15)8-9-26-17-6-4-14(21)5-7-17/h4-7,15-16,24H,8-13H2,1-3H3. The van der Waals surface area contributed by atoms with E-state index in [-0.39, 0.29) is 24.0 Å². The van der Waals surface area contributed by atoms with E-state index in [9.17, 15) is 14.3 Å². The number of hydrogen-bond acceptors (Lipinski definition) is 5. The van der Waals surface area contributed by atoms with Gasteiger partial charge in [-0.1, -0.05) is 0 Å². The van der Waals surface area contributed by atoms with Crippen molar-refractivity contribution in [1.82, 2.24) is 4.90 Å². The van der Waals surface area contributed by atoms with Crippen molar-refractivity contribution >= 4 is 6.09 Å². The van der Waals surface area contributed by atoms with E-state index in [2.05, 4.69) is 0 Å². The molecular weight excluding hydrogens is 353 g/mol. The van der Waals surface area contributed by atoms with Gasteiger partial charge >= 0.3 is 6.09 Å². The molecule has 2 fully saturated rings. The fourth-order valence-electron chi connectivity index (χ4n) is 3.78. The molecule has 6 nitrogen and oxygen atoms in total. The van der Waals surface area contributed by atoms with Crippen LogP contribution in [-0.2, 0) is 9.47 Å². The fraction of sp³-hybridized carbons (Fsp3) is 0.650. The number of amides is 1. The average molecular weight is 381 g/mol. The van der Waals surface area contributed by atoms with E-state index >= 15 is 0 Å². The van der Waals surface area contributed by atoms with Crippen LogP contribution in [0.1, 0.15) is 40.0 Å². The normalized spacial score (nSPS) is 28.0. The zero-order valence-electron chi connectivity index (χ0n) is 16.1. The summed E-state index contributed by atoms with van der Waals surface area (Å²) in [6.07, 6.45) is 0.898. The Morgan fingerprint density at radius 3 is 2.41 bits per heavy atom. The van der Waals surface area contributed by atoms with Crippen LogP contribution in [-0.4, -0.2) is 59.2 Å². The molecule has 2 bridgehead atoms. The van der Waals surface area contributed by atoms with Gasteiger partial charge in [-0.05, 0) is 57.9 Å². The van der Waals surface area contributed by atoms with Gasteiger partial charge in [0, 0.05) is 6.42 Å². The summed E-state index contributed by atoms with van der Waals surface area (Å²) in [6.45, 7) is 6.60. The number of benzene rings is 1. The lowest BCUT2D eigenvalue weighted by atomic mass is 9.79. The number of carbonyl (C=O) groups excluding carboxylic acids is 1. The first kappa shape index (κ1) is 19.9. The zero-order chi connectivity index (χ0) is 19.7. The van der Waals surface area contributed by atoms with Gasteiger partial charge in [0.25, 0.3) is 0 Å². The molecule has 1 amide bonds. The van der Waals surface area contributed by atoms with Crippen LogP contribution in [0, 0.1) is 5.82 Å². The number of nitrogens with zero attached hydrogens (tertiary/aromatic N) is 1. The lowest BCUT2D eigenvalue weighted by Gasteiger charge is -2.51. The summed E-state index contributed by atoms with van der Waals surface area (Å²) in [5.41, 5.74) is -1.50. The van der Waals surface area contributed by atoms with E-state index in [0.717, 1.165) is 0 Å². The maximum atomic E-state index is 12.9. The fourth-order valence-corrected chi connectivity index (χ4v) is 3.78. The second-order valence-corrected chi connectivity index (χ2v) is 8.42. The highest BCUT2D eigenvalue weighted by Crippen LogP contribution is 2.37. The third kappa shape index (κ3) is 5.11. The Kier molecular flexibility index (Phi) is 5.63. The number of aliphatic hydroxyl groups is 1. The van der Waals surface area contributed by atoms with Gasteiger partial charge in [-0.3, -0.25) is 4.90 Å². The highest BCUT2D eigenvalue weighted by atomic mass is 19.1. The Morgan fingerprint density at radius 2 is 1.85 bits per heavy atom. The van der Waals surface area contributed by atoms with Gasteiger partial charge in [-0.2, -0.15) is 0 Å². The monoisotopic (exact) mass is 381 g/mol. The van der Waals surface area contributed by atoms with E-state index < -0.39 is 11.2 Å². The van der Waals surface area contributed by atoms with Gasteiger partial charge in [-0.25, -0.2) is 9.18 Å². The van der Waals surface area contributed by atoms with Crippen molar-refractivity contribution in [2.24, 2.45) is 0 Å². The predicted molar refractivity (Wildman–Crippen MR) is 97.2 cm³/mol. The topological polar surface area (TPSA) is 68.2 Å². The molecule has 0 aromatic heterocycles. The molecule has 27 heavy (non-hydrogen) atoms. The van der Waals surface area contributed by atoms with Crippen LogP contribution >= 0.6 is 0 Å². The Balaban J connectivity index is 1.59. The molecule has 2 heterocycles. The highest BCUT2D eigenvalue weighted by Gasteiger charge is 2.48. The van der Waals surface area contributed by atoms with Gasteiger partial charge in [0.2, 0.25) is 0 Å². The molecule has 2 saturated heterocycles. The smallest absolute Gasteiger partial charge is 0.410 e. The summed E-state index contributed by atoms with van der Waals surface area (Å²) in [5.74, 6) is 0.248. The third-order valence-corrected chi connectivity index (χ3v) is 4.89. The molecule has 0 aliphatic carbocycles. The lowest BCUT2D eigenvalue weighted by Crippen LogP contribution is -2.64. The van der Waals surface area contributed by atoms with Gasteiger partial charge in [0.05, 0.1) is 37.5 Å². The highest BCUT2D eigenvalue weighted by molar-refractivity contribution is 5.69. The first-order chi connectivity index (χ1) is 12.7. The quantitative estimate of drug-likeness (QED) is 0.868. The molecule has 0 saturated carbocycles. The first-order valence-electron chi connectivity index (χ1n) is 9.35. The molecule has 150 valence electrons. The molecule has 2 atom stereocenters. The summed E-state index contributed by atoms with van der Waals surface area (Å²) in [6, 6.07) is 5.36. The van der Waals surface area contributed by atoms with Crippen LogP contribution in [0.25, 0.3) is 0 Å². The van der Waals surface area contributed by atoms with Gasteiger partial charge < -0.3 is 19.3 Å². The molecule has 7 heteroatoms. The van der Waals surface area contributed by atoms with Crippen molar-refractivity contribution < 1.29 is 28.5 Å². The van der Waals surface area contributed by atoms with E-state index in [1.165, 1.54) is 12.1 Å². The van der Waals surface area contributed by atoms with Crippen LogP contribution in [0.15, 0.2) is 24.3 Å². The minimum atomic E-state index is -0.933. The average Bonchev–Trinajstić information content (AvgIpc) is 2.54. The largest absolute Gasteiger partial charge is 0.493 e. The number of rotatable bonds is 4. The molecule has 1 N–H and O–H groups in total. The van der Waals surface area contributed by atoms with Crippen LogP contribution in [0.5, 0.6) is 5.75 Å². The third-order valence-electron chi connectivity index (χ3n) is 4.89. The Bertz CT molecular complexity index is 643. The molecule has 0 spiro atoms. The zero-order valence-corrected chi connectivity index (χ0v) is 16.1. The van der Waals surface area contributed by atoms with Crippen molar-refractivity contribution in [3.8, 4) is 5.75 Å². The van der Waals surface area contributed by atoms with Gasteiger partial charge in [-0.15, -0.1) is 0 Å². The summed E-state index contributed by atoms with van der Waals surface area (Å²) < 4.78 is 29.7. The van der Waals surface area contributed by atoms with Crippen molar-refractivity contribution in [1.29, 1.82) is 0 Å². The van der Waals surface area contributed by atoms with Crippen molar-refractivity contribution in [2.45, 2.75) is 63.3 Å². The maximum Gasteiger partial charge on any atom is 0.410 e. The number of piperidine rings is 1. The number of hydrogen-bond donors (Lipinski definition) is 1. The summed E-state index contributed by atoms with van der Waals surface area (Å²) in [4.78, 5) is 14.3. The predicted octanol–water partition coefficient (Wildman–Crippen LogP) is 3.12. The molecular formula is C20H28FNO5. The molecule has 2 unspecified atom stereocenters. The second-order valence-electron chi connectivity index (χ2n) is 8.42. The van der Waals surface area contributed by atoms with Crippen LogP contribution in [0.2, 0.25) is 0 Å². The maximum absolute atomic E-state index is 12.9. The van der Waals surface area contributed by atoms with Gasteiger partial charge in [0.15, 0.2) is 0 Å². The summed E-state index contributed by atoms with van der Waals surface area (Å²) >= 11 is 0. The summed E-state index contributed by atoms with van der Waals surface area (Å²) in [7, 11) is 0. The number of fused-ring (bicyclic) bond motifs is 2. The molecule has 0 radical (unpaired) electrons. The SMILES string of the molecule is CC(C)(C)OC(=O)N1C2COCC1CC(O)(CCOc1ccc(F)cc1)C2. The molecule has 2 aliphatic heterocycles. The summed E-state index contributed by atoms with van der Waals surface area (Å²) in [5, 5.41) is 11.1. The van der Waals surface area contributed by atoms with E-state index in [1.54, 1.807) is 17.0 Å². The van der Waals surface area contributed by atoms with Crippen molar-refractivity contribution in [3.63, 3.8) is 0 Å². The molecule has 1 aromatic rings. The number of morpholine rings is 1. The minimum absolute atomic E-state index is 0.219. The van der Waals surface area contributed by atoms with E-state index in [1.807, 2.05) is 20.8 Å². The Morgan fingerprint density at radius 1 is 1.26 bits per heavy atom. The van der Waals surface area contributed by atoms with Gasteiger partial charge in [0.1, 0.15) is 17.2 Å². The van der Waals surface area contributed by atoms with Crippen LogP contribution in [0.4, 0.5) is 9.18 Å². The number of halogens is 1. The van der Waals surface area contributed by atoms with Crippen LogP contribution in [0.3, 0.4) is 0 Å². The van der Waals surface area contributed by atoms with Crippen molar-refractivity contribution in [2.75, 3.05) is 19.8 Å². The lowest BCUT2D eigenvalue weighted by molar-refractivity contribution is -0.141. The number of ether oxygens (including phenoxy) is 3. The van der Waals surface area contributed by atoms with E-state index in [0.29, 0.717) is 44.8 Å². The second kappa shape index (κ2) is 7.64. The molecule has 2 aliphatic rings. The van der Waals surface area contributed by atoms with Crippen molar-refractivity contribution in [3.05, 3.63) is 30.1 Å². The number of carbonyl (C=O) groups is 1. The Hall–Kier alpha value is -1.86. The van der Waals surface area contributed by atoms with Crippen LogP contribution < -0.4 is 4.74 Å². The minimum Gasteiger partial charge on any atom is -0.493 e. The Labute approximate surface area is 159 Å².